The minimum absolute atomic E-state index is 0.120. The molecule has 0 unspecified atom stereocenters. The zero-order valence-electron chi connectivity index (χ0n) is 24.5. The van der Waals surface area contributed by atoms with Crippen molar-refractivity contribution in [3.63, 3.8) is 0 Å². The van der Waals surface area contributed by atoms with Crippen LogP contribution >= 0.6 is 0 Å². The number of rotatable bonds is 10. The summed E-state index contributed by atoms with van der Waals surface area (Å²) in [6, 6.07) is 7.65. The average molecular weight is 547 g/mol. The number of hydrogen-bond donors (Lipinski definition) is 0. The summed E-state index contributed by atoms with van der Waals surface area (Å²) in [4.78, 5) is 39.8. The van der Waals surface area contributed by atoms with Crippen LogP contribution in [0.1, 0.15) is 79.2 Å². The molecule has 0 aromatic heterocycles. The van der Waals surface area contributed by atoms with Crippen molar-refractivity contribution >= 4 is 18.2 Å². The number of carbonyl (C=O) groups is 3. The lowest BCUT2D eigenvalue weighted by molar-refractivity contribution is -0.155. The normalized spacial score (nSPS) is 18.6. The molecule has 1 aromatic carbocycles. The summed E-state index contributed by atoms with van der Waals surface area (Å²) in [7, 11) is 0. The lowest BCUT2D eigenvalue weighted by atomic mass is 9.92. The van der Waals surface area contributed by atoms with Crippen LogP contribution < -0.4 is 4.74 Å². The monoisotopic (exact) mass is 546 g/mol. The van der Waals surface area contributed by atoms with Gasteiger partial charge in [0.15, 0.2) is 0 Å². The van der Waals surface area contributed by atoms with Gasteiger partial charge in [0.05, 0.1) is 12.6 Å². The van der Waals surface area contributed by atoms with Crippen molar-refractivity contribution in [3.8, 4) is 5.75 Å². The number of ether oxygens (including phenoxy) is 4. The van der Waals surface area contributed by atoms with Gasteiger partial charge in [0.25, 0.3) is 0 Å². The molecule has 9 heteroatoms. The third-order valence-electron chi connectivity index (χ3n) is 6.73. The molecule has 2 fully saturated rings. The zero-order chi connectivity index (χ0) is 28.6. The molecule has 1 aromatic rings. The third-order valence-corrected chi connectivity index (χ3v) is 6.73. The van der Waals surface area contributed by atoms with Gasteiger partial charge in [0.1, 0.15) is 30.1 Å². The van der Waals surface area contributed by atoms with E-state index < -0.39 is 23.3 Å². The van der Waals surface area contributed by atoms with Crippen LogP contribution in [0.25, 0.3) is 0 Å². The fraction of sp³-hybridized carbons (Fsp3) is 0.700. The van der Waals surface area contributed by atoms with Crippen molar-refractivity contribution in [2.24, 2.45) is 5.92 Å². The molecule has 9 nitrogen and oxygen atoms in total. The summed E-state index contributed by atoms with van der Waals surface area (Å²) >= 11 is 0. The van der Waals surface area contributed by atoms with Crippen LogP contribution in [0, 0.1) is 5.92 Å². The number of amides is 2. The molecule has 0 radical (unpaired) electrons. The SMILES string of the molecule is CC(C)(C)OC(=O)CN1C(=O)OC[C@@H]1Cc1ccc(OCCCCC2CCN(C(=O)OC(C)(C)C)CC2)cc1. The fourth-order valence-electron chi connectivity index (χ4n) is 4.81. The van der Waals surface area contributed by atoms with Crippen LogP contribution in [-0.2, 0) is 25.4 Å². The molecule has 0 aliphatic carbocycles. The van der Waals surface area contributed by atoms with Gasteiger partial charge in [-0.25, -0.2) is 9.59 Å². The van der Waals surface area contributed by atoms with E-state index in [1.807, 2.05) is 49.9 Å². The highest BCUT2D eigenvalue weighted by Crippen LogP contribution is 2.25. The molecule has 1 atom stereocenters. The third kappa shape index (κ3) is 10.6. The Bertz CT molecular complexity index is 957. The van der Waals surface area contributed by atoms with E-state index in [-0.39, 0.29) is 25.3 Å². The Morgan fingerprint density at radius 3 is 2.21 bits per heavy atom. The maximum atomic E-state index is 12.2. The van der Waals surface area contributed by atoms with Crippen molar-refractivity contribution in [1.82, 2.24) is 9.80 Å². The molecule has 0 spiro atoms. The first kappa shape index (κ1) is 30.6. The van der Waals surface area contributed by atoms with Crippen molar-refractivity contribution in [1.29, 1.82) is 0 Å². The molecule has 3 rings (SSSR count). The van der Waals surface area contributed by atoms with Crippen molar-refractivity contribution in [3.05, 3.63) is 29.8 Å². The van der Waals surface area contributed by atoms with Crippen LogP contribution in [-0.4, -0.2) is 78.0 Å². The summed E-state index contributed by atoms with van der Waals surface area (Å²) in [6.07, 6.45) is 5.16. The number of benzene rings is 1. The van der Waals surface area contributed by atoms with E-state index >= 15 is 0 Å². The van der Waals surface area contributed by atoms with Crippen LogP contribution in [0.2, 0.25) is 0 Å². The minimum Gasteiger partial charge on any atom is -0.494 e. The van der Waals surface area contributed by atoms with Crippen LogP contribution in [0.4, 0.5) is 9.59 Å². The molecule has 0 N–H and O–H groups in total. The molecular formula is C30H46N2O7. The quantitative estimate of drug-likeness (QED) is 0.215. The summed E-state index contributed by atoms with van der Waals surface area (Å²) in [6.45, 7) is 13.4. The molecule has 218 valence electrons. The number of cyclic esters (lactones) is 1. The predicted molar refractivity (Wildman–Crippen MR) is 148 cm³/mol. The fourth-order valence-corrected chi connectivity index (χ4v) is 4.81. The number of unbranched alkanes of at least 4 members (excludes halogenated alkanes) is 1. The second kappa shape index (κ2) is 13.4. The maximum absolute atomic E-state index is 12.2. The topological polar surface area (TPSA) is 94.6 Å². The van der Waals surface area contributed by atoms with Gasteiger partial charge in [-0.2, -0.15) is 0 Å². The summed E-state index contributed by atoms with van der Waals surface area (Å²) in [5.74, 6) is 1.01. The summed E-state index contributed by atoms with van der Waals surface area (Å²) < 4.78 is 22.0. The highest BCUT2D eigenvalue weighted by atomic mass is 16.6. The van der Waals surface area contributed by atoms with E-state index in [4.69, 9.17) is 18.9 Å². The number of piperidine rings is 1. The van der Waals surface area contributed by atoms with Gasteiger partial charge in [-0.1, -0.05) is 18.6 Å². The Balaban J connectivity index is 1.33. The van der Waals surface area contributed by atoms with Gasteiger partial charge < -0.3 is 23.8 Å². The molecule has 2 heterocycles. The molecule has 0 bridgehead atoms. The summed E-state index contributed by atoms with van der Waals surface area (Å²) in [5, 5.41) is 0. The second-order valence-electron chi connectivity index (χ2n) is 12.5. The molecule has 2 aliphatic heterocycles. The van der Waals surface area contributed by atoms with E-state index in [0.29, 0.717) is 18.9 Å². The van der Waals surface area contributed by atoms with Crippen molar-refractivity contribution < 1.29 is 33.3 Å². The Morgan fingerprint density at radius 2 is 1.59 bits per heavy atom. The van der Waals surface area contributed by atoms with Crippen LogP contribution in [0.5, 0.6) is 5.75 Å². The van der Waals surface area contributed by atoms with E-state index in [1.54, 1.807) is 20.8 Å². The Labute approximate surface area is 233 Å². The minimum atomic E-state index is -0.604. The highest BCUT2D eigenvalue weighted by molar-refractivity contribution is 5.79. The van der Waals surface area contributed by atoms with E-state index in [0.717, 1.165) is 56.5 Å². The zero-order valence-corrected chi connectivity index (χ0v) is 24.5. The van der Waals surface area contributed by atoms with E-state index in [2.05, 4.69) is 0 Å². The van der Waals surface area contributed by atoms with E-state index in [9.17, 15) is 14.4 Å². The Kier molecular flexibility index (Phi) is 10.5. The number of likely N-dealkylation sites (tertiary alicyclic amines) is 1. The largest absolute Gasteiger partial charge is 0.494 e. The predicted octanol–water partition coefficient (Wildman–Crippen LogP) is 5.59. The van der Waals surface area contributed by atoms with Gasteiger partial charge in [0.2, 0.25) is 0 Å². The second-order valence-corrected chi connectivity index (χ2v) is 12.5. The Hall–Kier alpha value is -2.97. The highest BCUT2D eigenvalue weighted by Gasteiger charge is 2.35. The average Bonchev–Trinajstić information content (AvgIpc) is 3.16. The first-order chi connectivity index (χ1) is 18.3. The standard InChI is InChI=1S/C30H46N2O7/c1-29(2,3)38-26(33)20-32-24(21-37-28(32)35)19-23-10-12-25(13-11-23)36-18-8-7-9-22-14-16-31(17-15-22)27(34)39-30(4,5)6/h10-13,22,24H,7-9,14-21H2,1-6H3/t24-/m0/s1. The molecule has 2 amide bonds. The lowest BCUT2D eigenvalue weighted by Crippen LogP contribution is -2.41. The maximum Gasteiger partial charge on any atom is 0.410 e. The Morgan fingerprint density at radius 1 is 0.949 bits per heavy atom. The lowest BCUT2D eigenvalue weighted by Gasteiger charge is -2.33. The van der Waals surface area contributed by atoms with Gasteiger partial charge in [-0.3, -0.25) is 9.69 Å². The number of esters is 1. The first-order valence-electron chi connectivity index (χ1n) is 14.1. The number of nitrogens with zero attached hydrogens (tertiary/aromatic N) is 2. The molecule has 0 saturated carbocycles. The summed E-state index contributed by atoms with van der Waals surface area (Å²) in [5.41, 5.74) is -0.0190. The van der Waals surface area contributed by atoms with E-state index in [1.165, 1.54) is 4.90 Å². The van der Waals surface area contributed by atoms with Gasteiger partial charge in [0, 0.05) is 13.1 Å². The van der Waals surface area contributed by atoms with Crippen molar-refractivity contribution in [2.45, 2.75) is 97.3 Å². The number of carbonyl (C=O) groups excluding carboxylic acids is 3. The number of hydrogen-bond acceptors (Lipinski definition) is 7. The smallest absolute Gasteiger partial charge is 0.410 e. The van der Waals surface area contributed by atoms with Crippen molar-refractivity contribution in [2.75, 3.05) is 32.8 Å². The molecule has 2 saturated heterocycles. The molecule has 39 heavy (non-hydrogen) atoms. The van der Waals surface area contributed by atoms with Gasteiger partial charge >= 0.3 is 18.2 Å². The molecule has 2 aliphatic rings. The first-order valence-corrected chi connectivity index (χ1v) is 14.1. The van der Waals surface area contributed by atoms with Gasteiger partial charge in [-0.15, -0.1) is 0 Å². The van der Waals surface area contributed by atoms with Gasteiger partial charge in [-0.05, 0) is 97.3 Å². The van der Waals surface area contributed by atoms with Crippen LogP contribution in [0.15, 0.2) is 24.3 Å². The molecular weight excluding hydrogens is 500 g/mol. The van der Waals surface area contributed by atoms with Crippen LogP contribution in [0.3, 0.4) is 0 Å².